The highest BCUT2D eigenvalue weighted by molar-refractivity contribution is 5.97. The number of carbonyl (C=O) groups excluding carboxylic acids is 1. The molecule has 0 aliphatic carbocycles. The van der Waals surface area contributed by atoms with E-state index in [1.165, 1.54) is 0 Å². The Bertz CT molecular complexity index is 207. The summed E-state index contributed by atoms with van der Waals surface area (Å²) in [5.74, 6) is 0.978. The largest absolute Gasteiger partial charge is 0.317 e. The van der Waals surface area contributed by atoms with Gasteiger partial charge in [-0.25, -0.2) is 0 Å². The third-order valence-electron chi connectivity index (χ3n) is 2.35. The molecule has 0 spiro atoms. The van der Waals surface area contributed by atoms with Crippen molar-refractivity contribution in [3.63, 3.8) is 0 Å². The van der Waals surface area contributed by atoms with Gasteiger partial charge in [-0.1, -0.05) is 0 Å². The summed E-state index contributed by atoms with van der Waals surface area (Å²) in [7, 11) is 1.68. The van der Waals surface area contributed by atoms with Gasteiger partial charge in [0.15, 0.2) is 0 Å². The highest BCUT2D eigenvalue weighted by Gasteiger charge is 2.20. The molecular formula is C9H17N3O. The van der Waals surface area contributed by atoms with Crippen LogP contribution in [0.3, 0.4) is 0 Å². The van der Waals surface area contributed by atoms with Crippen LogP contribution in [0.5, 0.6) is 0 Å². The van der Waals surface area contributed by atoms with Crippen molar-refractivity contribution in [2.24, 2.45) is 10.9 Å². The zero-order chi connectivity index (χ0) is 9.68. The van der Waals surface area contributed by atoms with E-state index in [1.807, 2.05) is 0 Å². The lowest BCUT2D eigenvalue weighted by molar-refractivity contribution is -0.124. The minimum absolute atomic E-state index is 0.115. The lowest BCUT2D eigenvalue weighted by Crippen LogP contribution is -2.39. The molecule has 0 aromatic rings. The molecule has 0 radical (unpaired) electrons. The lowest BCUT2D eigenvalue weighted by Gasteiger charge is -2.21. The average Bonchev–Trinajstić information content (AvgIpc) is 2.19. The van der Waals surface area contributed by atoms with Gasteiger partial charge in [-0.15, -0.1) is 0 Å². The molecule has 0 unspecified atom stereocenters. The maximum atomic E-state index is 11.5. The third kappa shape index (κ3) is 3.14. The third-order valence-corrected chi connectivity index (χ3v) is 2.35. The molecule has 2 N–H and O–H groups in total. The van der Waals surface area contributed by atoms with Crippen LogP contribution in [0.2, 0.25) is 0 Å². The van der Waals surface area contributed by atoms with Crippen LogP contribution < -0.4 is 10.6 Å². The highest BCUT2D eigenvalue weighted by atomic mass is 16.1. The SMILES string of the molecule is CN=C(C)NC(=O)C1CCNCC1. The maximum absolute atomic E-state index is 11.5. The van der Waals surface area contributed by atoms with E-state index in [-0.39, 0.29) is 11.8 Å². The number of amides is 1. The topological polar surface area (TPSA) is 53.5 Å². The molecule has 1 rings (SSSR count). The first kappa shape index (κ1) is 10.2. The van der Waals surface area contributed by atoms with Gasteiger partial charge in [0.05, 0.1) is 5.84 Å². The molecule has 1 heterocycles. The standard InChI is InChI=1S/C9H17N3O/c1-7(10-2)12-9(13)8-3-5-11-6-4-8/h8,11H,3-6H2,1-2H3,(H,10,12,13). The van der Waals surface area contributed by atoms with Crippen molar-refractivity contribution in [1.82, 2.24) is 10.6 Å². The fraction of sp³-hybridized carbons (Fsp3) is 0.778. The van der Waals surface area contributed by atoms with Crippen LogP contribution in [0.15, 0.2) is 4.99 Å². The first-order valence-electron chi connectivity index (χ1n) is 4.69. The molecular weight excluding hydrogens is 166 g/mol. The van der Waals surface area contributed by atoms with Crippen molar-refractivity contribution >= 4 is 11.7 Å². The zero-order valence-electron chi connectivity index (χ0n) is 8.26. The highest BCUT2D eigenvalue weighted by Crippen LogP contribution is 2.10. The van der Waals surface area contributed by atoms with Crippen molar-refractivity contribution in [2.45, 2.75) is 19.8 Å². The predicted octanol–water partition coefficient (Wildman–Crippen LogP) is 0.150. The number of nitrogens with zero attached hydrogens (tertiary/aromatic N) is 1. The number of hydrogen-bond donors (Lipinski definition) is 2. The van der Waals surface area contributed by atoms with Gasteiger partial charge in [-0.05, 0) is 32.9 Å². The van der Waals surface area contributed by atoms with Gasteiger partial charge in [0, 0.05) is 13.0 Å². The van der Waals surface area contributed by atoms with Gasteiger partial charge in [0.2, 0.25) is 5.91 Å². The summed E-state index contributed by atoms with van der Waals surface area (Å²) >= 11 is 0. The van der Waals surface area contributed by atoms with Crippen LogP contribution >= 0.6 is 0 Å². The number of piperidine rings is 1. The van der Waals surface area contributed by atoms with E-state index in [0.717, 1.165) is 25.9 Å². The van der Waals surface area contributed by atoms with Crippen molar-refractivity contribution in [3.8, 4) is 0 Å². The van der Waals surface area contributed by atoms with Gasteiger partial charge < -0.3 is 10.6 Å². The molecule has 1 saturated heterocycles. The number of carbonyl (C=O) groups is 1. The first-order valence-corrected chi connectivity index (χ1v) is 4.69. The molecule has 1 aliphatic rings. The van der Waals surface area contributed by atoms with E-state index in [4.69, 9.17) is 0 Å². The van der Waals surface area contributed by atoms with Gasteiger partial charge in [-0.2, -0.15) is 0 Å². The predicted molar refractivity (Wildman–Crippen MR) is 52.8 cm³/mol. The normalized spacial score (nSPS) is 20.0. The van der Waals surface area contributed by atoms with Crippen LogP contribution in [-0.4, -0.2) is 31.9 Å². The average molecular weight is 183 g/mol. The molecule has 0 bridgehead atoms. The van der Waals surface area contributed by atoms with Crippen LogP contribution in [-0.2, 0) is 4.79 Å². The summed E-state index contributed by atoms with van der Waals surface area (Å²) in [6, 6.07) is 0. The second-order valence-corrected chi connectivity index (χ2v) is 3.32. The Morgan fingerprint density at radius 3 is 2.62 bits per heavy atom. The molecule has 1 fully saturated rings. The second-order valence-electron chi connectivity index (χ2n) is 3.32. The summed E-state index contributed by atoms with van der Waals surface area (Å²) in [6.07, 6.45) is 1.87. The molecule has 4 heteroatoms. The van der Waals surface area contributed by atoms with E-state index in [0.29, 0.717) is 5.84 Å². The van der Waals surface area contributed by atoms with Crippen LogP contribution in [0.1, 0.15) is 19.8 Å². The molecule has 4 nitrogen and oxygen atoms in total. The fourth-order valence-electron chi connectivity index (χ4n) is 1.42. The minimum Gasteiger partial charge on any atom is -0.317 e. The Morgan fingerprint density at radius 1 is 1.46 bits per heavy atom. The van der Waals surface area contributed by atoms with Crippen LogP contribution in [0, 0.1) is 5.92 Å². The number of amidine groups is 1. The minimum atomic E-state index is 0.115. The molecule has 0 aromatic carbocycles. The van der Waals surface area contributed by atoms with Crippen molar-refractivity contribution in [1.29, 1.82) is 0 Å². The summed E-state index contributed by atoms with van der Waals surface area (Å²) in [4.78, 5) is 15.4. The summed E-state index contributed by atoms with van der Waals surface area (Å²) < 4.78 is 0. The fourth-order valence-corrected chi connectivity index (χ4v) is 1.42. The molecule has 0 saturated carbocycles. The molecule has 0 aromatic heterocycles. The summed E-state index contributed by atoms with van der Waals surface area (Å²) in [5, 5.41) is 6.01. The smallest absolute Gasteiger partial charge is 0.228 e. The molecule has 0 atom stereocenters. The monoisotopic (exact) mass is 183 g/mol. The van der Waals surface area contributed by atoms with Gasteiger partial charge in [-0.3, -0.25) is 9.79 Å². The van der Waals surface area contributed by atoms with Crippen molar-refractivity contribution in [2.75, 3.05) is 20.1 Å². The Labute approximate surface area is 78.8 Å². The Balaban J connectivity index is 2.37. The van der Waals surface area contributed by atoms with E-state index >= 15 is 0 Å². The van der Waals surface area contributed by atoms with Crippen molar-refractivity contribution in [3.05, 3.63) is 0 Å². The van der Waals surface area contributed by atoms with E-state index in [2.05, 4.69) is 15.6 Å². The van der Waals surface area contributed by atoms with Gasteiger partial charge in [0.25, 0.3) is 0 Å². The molecule has 13 heavy (non-hydrogen) atoms. The molecule has 1 aliphatic heterocycles. The lowest BCUT2D eigenvalue weighted by atomic mass is 9.97. The Morgan fingerprint density at radius 2 is 2.08 bits per heavy atom. The first-order chi connectivity index (χ1) is 6.24. The number of rotatable bonds is 1. The Kier molecular flexibility index (Phi) is 3.89. The van der Waals surface area contributed by atoms with Crippen LogP contribution in [0.25, 0.3) is 0 Å². The quantitative estimate of drug-likeness (QED) is 0.449. The molecule has 1 amide bonds. The van der Waals surface area contributed by atoms with Gasteiger partial charge in [0.1, 0.15) is 0 Å². The van der Waals surface area contributed by atoms with Gasteiger partial charge >= 0.3 is 0 Å². The zero-order valence-corrected chi connectivity index (χ0v) is 8.26. The van der Waals surface area contributed by atoms with Crippen LogP contribution in [0.4, 0.5) is 0 Å². The summed E-state index contributed by atoms with van der Waals surface area (Å²) in [6.45, 7) is 3.69. The van der Waals surface area contributed by atoms with E-state index in [1.54, 1.807) is 14.0 Å². The van der Waals surface area contributed by atoms with E-state index < -0.39 is 0 Å². The van der Waals surface area contributed by atoms with Crippen molar-refractivity contribution < 1.29 is 4.79 Å². The number of hydrogen-bond acceptors (Lipinski definition) is 3. The Hall–Kier alpha value is -0.900. The maximum Gasteiger partial charge on any atom is 0.228 e. The number of aliphatic imine (C=N–C) groups is 1. The number of nitrogens with one attached hydrogen (secondary N) is 2. The second kappa shape index (κ2) is 4.97. The molecule has 74 valence electrons. The van der Waals surface area contributed by atoms with E-state index in [9.17, 15) is 4.79 Å². The summed E-state index contributed by atoms with van der Waals surface area (Å²) in [5.41, 5.74) is 0.